The zero-order valence-corrected chi connectivity index (χ0v) is 85.8. The van der Waals surface area contributed by atoms with E-state index in [2.05, 4.69) is 62.0 Å². The Morgan fingerprint density at radius 2 is 0.800 bits per heavy atom. The molecule has 44 heteroatoms. The molecule has 6 aliphatic carbocycles. The highest BCUT2D eigenvalue weighted by Gasteiger charge is 2.75. The molecule has 145 heavy (non-hydrogen) atoms. The van der Waals surface area contributed by atoms with Gasteiger partial charge in [0.1, 0.15) is 63.9 Å². The molecule has 3 spiro atoms. The Kier molecular flexibility index (Phi) is 34.9. The summed E-state index contributed by atoms with van der Waals surface area (Å²) in [6.07, 6.45) is 2.83. The van der Waals surface area contributed by atoms with Crippen molar-refractivity contribution in [2.75, 3.05) is 65.8 Å². The number of esters is 7. The molecule has 7 heterocycles. The van der Waals surface area contributed by atoms with E-state index in [0.717, 1.165) is 87.8 Å². The van der Waals surface area contributed by atoms with E-state index < -0.39 is 188 Å². The maximum Gasteiger partial charge on any atom is 0.408 e. The van der Waals surface area contributed by atoms with Crippen LogP contribution in [0.2, 0.25) is 0 Å². The summed E-state index contributed by atoms with van der Waals surface area (Å²) in [5.74, 6) is -7.02. The molecule has 3 aromatic carbocycles. The van der Waals surface area contributed by atoms with Crippen molar-refractivity contribution >= 4 is 113 Å². The predicted molar refractivity (Wildman–Crippen MR) is 515 cm³/mol. The largest absolute Gasteiger partial charge is 0.481 e. The fraction of sp³-hybridized carbons (Fsp3) is 0.614. The number of ether oxygens (including phenoxy) is 11. The molecule has 18 atom stereocenters. The SMILES string of the molecule is CC(C)(C)OC(=O)N[C@@H](CCC(=O)ON1C(=O)CCC1=O)C(=O)OC(C)(C)C.Cc1ccc2c3c1O[C@H]1C(OC(=O)[C@H](C)OC(=O)CCN)=CC[C@@]4(O)[C@@H](C2)N(C)CC[C@]314.Cc1ccc2c3c1O[C@H]1C(OC(=O)[C@H](C)OC(=O)CCNC(=O)CC[C@H](N)C(=O)O)=CC[C@@]4(O)[C@@H](C2)N(C)CC[C@]314.Cc1ccc2c3c1O[C@H]1C(OC(=O)[C@H](C)OC(=O)CCNC(=O)CC[C@H](N)C(=O)O)=CC[C@@]4(O)[C@@H](C2)N(C)CC[C@]314.ClCCl. The van der Waals surface area contributed by atoms with E-state index in [4.69, 9.17) is 108 Å². The number of piperidine rings is 3. The topological polar surface area (TPSA) is 595 Å². The van der Waals surface area contributed by atoms with Crippen LogP contribution in [-0.4, -0.2) is 301 Å². The van der Waals surface area contributed by atoms with Gasteiger partial charge >= 0.3 is 65.8 Å². The summed E-state index contributed by atoms with van der Waals surface area (Å²) in [5.41, 5.74) is 18.6. The lowest BCUT2D eigenvalue weighted by molar-refractivity contribution is -0.197. The van der Waals surface area contributed by atoms with Gasteiger partial charge in [-0.15, -0.1) is 28.3 Å². The minimum absolute atomic E-state index is 0.0210. The molecule has 42 nitrogen and oxygen atoms in total. The summed E-state index contributed by atoms with van der Waals surface area (Å²) in [5, 5.41) is 62.1. The molecule has 4 fully saturated rings. The number of carboxylic acids is 2. The number of likely N-dealkylation sites (tertiary alicyclic amines) is 3. The molecule has 13 aliphatic rings. The highest BCUT2D eigenvalue weighted by molar-refractivity contribution is 6.40. The predicted octanol–water partition coefficient (Wildman–Crippen LogP) is 5.02. The first-order valence-electron chi connectivity index (χ1n) is 48.7. The number of nitrogens with two attached hydrogens (primary N) is 3. The summed E-state index contributed by atoms with van der Waals surface area (Å²) in [6.45, 7) is 22.6. The number of hydrogen-bond acceptors (Lipinski definition) is 36. The smallest absolute Gasteiger partial charge is 0.408 e. The number of imide groups is 1. The first-order valence-corrected chi connectivity index (χ1v) is 49.8. The lowest BCUT2D eigenvalue weighted by Gasteiger charge is -2.61. The van der Waals surface area contributed by atoms with Crippen LogP contribution in [0.25, 0.3) is 0 Å². The second-order valence-electron chi connectivity index (χ2n) is 41.0. The van der Waals surface area contributed by atoms with Gasteiger partial charge in [0.2, 0.25) is 11.8 Å². The number of likely N-dealkylation sites (N-methyl/N-ethyl adjacent to an activating group) is 3. The van der Waals surface area contributed by atoms with Crippen molar-refractivity contribution in [3.8, 4) is 17.2 Å². The Balaban J connectivity index is 0.000000172. The fourth-order valence-corrected chi connectivity index (χ4v) is 22.1. The maximum atomic E-state index is 13.0. The van der Waals surface area contributed by atoms with E-state index in [-0.39, 0.29) is 114 Å². The number of hydrogen-bond donors (Lipinski definition) is 11. The van der Waals surface area contributed by atoms with Gasteiger partial charge in [0.25, 0.3) is 11.8 Å². The molecule has 6 bridgehead atoms. The van der Waals surface area contributed by atoms with Crippen LogP contribution in [0.3, 0.4) is 0 Å². The fourth-order valence-electron chi connectivity index (χ4n) is 22.1. The Bertz CT molecular complexity index is 5430. The van der Waals surface area contributed by atoms with Crippen molar-refractivity contribution in [2.24, 2.45) is 17.2 Å². The van der Waals surface area contributed by atoms with Crippen molar-refractivity contribution < 1.29 is 154 Å². The molecule has 14 N–H and O–H groups in total. The Morgan fingerprint density at radius 1 is 0.476 bits per heavy atom. The maximum absolute atomic E-state index is 13.0. The number of carboxylic acid groups (broad SMARTS) is 2. The molecule has 3 aromatic rings. The van der Waals surface area contributed by atoms with Crippen LogP contribution in [0.15, 0.2) is 71.9 Å². The lowest BCUT2D eigenvalue weighted by Crippen LogP contribution is -2.74. The molecule has 0 aromatic heterocycles. The first-order chi connectivity index (χ1) is 68.1. The Hall–Kier alpha value is -11.5. The number of benzene rings is 3. The van der Waals surface area contributed by atoms with Crippen LogP contribution in [0, 0.1) is 20.8 Å². The number of nitrogens with one attached hydrogen (secondary N) is 3. The number of rotatable bonds is 31. The number of alkyl carbamates (subject to hydrolysis) is 1. The van der Waals surface area contributed by atoms with E-state index in [1.807, 2.05) is 47.0 Å². The monoisotopic (exact) mass is 2070 g/mol. The third-order valence-corrected chi connectivity index (χ3v) is 29.2. The zero-order valence-electron chi connectivity index (χ0n) is 84.3. The first kappa shape index (κ1) is 112. The lowest BCUT2D eigenvalue weighted by atomic mass is 9.50. The number of nitrogens with zero attached hydrogens (tertiary/aromatic N) is 4. The number of hydroxylamine groups is 2. The minimum atomic E-state index is -1.22. The molecule has 5 amide bonds. The van der Waals surface area contributed by atoms with Crippen LogP contribution in [0.5, 0.6) is 17.2 Å². The molecule has 0 saturated carbocycles. The van der Waals surface area contributed by atoms with Crippen LogP contribution in [0.4, 0.5) is 4.79 Å². The van der Waals surface area contributed by atoms with E-state index in [9.17, 15) is 87.2 Å². The van der Waals surface area contributed by atoms with Crippen molar-refractivity contribution in [1.29, 1.82) is 0 Å². The zero-order chi connectivity index (χ0) is 107. The number of aliphatic carboxylic acids is 2. The van der Waals surface area contributed by atoms with E-state index in [1.54, 1.807) is 59.8 Å². The number of carbonyl (C=O) groups is 15. The van der Waals surface area contributed by atoms with E-state index in [1.165, 1.54) is 26.3 Å². The molecule has 4 saturated heterocycles. The van der Waals surface area contributed by atoms with Gasteiger partial charge < -0.3 is 130 Å². The average Bonchev–Trinajstić information content (AvgIpc) is 1.53. The standard InChI is InChI=1S/2C29H37N3O9.C24H30N2O6.C18H28N2O8.CH2Cl2/c2*1-15-4-5-17-14-20-29(38)10-8-19(25-28(29,11-13-32(20)3)23(17)24(15)41-25)40-27(37)16(2)39-22(34)9-12-31-21(33)7-6-18(30)26(35)36;1-13-4-5-15-12-17-24(29)8-6-16(31-22(28)14(2)30-18(27)7-10-25)21-23(24,9-11-26(17)3)19(15)20(13)32-21;1-17(2,3)26-15(24)11(19-16(25)27-18(4,5)6)7-10-14(23)28-20-12(21)8-9-13(20)22;2-1-3/h2*4-5,8,16,18,20,25,38H,6-7,9-14,30H2,1-3H3,(H,31,33)(H,35,36);4-6,14,17,21,29H,7-12,25H2,1-3H3;11H,7-10H2,1-6H3,(H,19,25);1H2/t2*16-,18-,20+,25-,28-,29+;14-,17+,21-,23-,24+;11-;/m0000./s1. The summed E-state index contributed by atoms with van der Waals surface area (Å²) in [6, 6.07) is 8.72. The van der Waals surface area contributed by atoms with Gasteiger partial charge in [-0.2, -0.15) is 0 Å². The summed E-state index contributed by atoms with van der Waals surface area (Å²) in [4.78, 5) is 191. The number of halogens is 2. The molecule has 0 radical (unpaired) electrons. The van der Waals surface area contributed by atoms with E-state index in [0.29, 0.717) is 73.7 Å². The molecule has 7 aliphatic heterocycles. The van der Waals surface area contributed by atoms with Gasteiger partial charge in [0, 0.05) is 99.4 Å². The minimum Gasteiger partial charge on any atom is -0.481 e. The van der Waals surface area contributed by atoms with Crippen LogP contribution in [-0.2, 0) is 145 Å². The molecule has 0 unspecified atom stereocenters. The van der Waals surface area contributed by atoms with Crippen molar-refractivity contribution in [2.45, 2.75) is 329 Å². The molecule has 16 rings (SSSR count). The van der Waals surface area contributed by atoms with Crippen LogP contribution < -0.4 is 47.4 Å². The summed E-state index contributed by atoms with van der Waals surface area (Å²) in [7, 11) is 6.10. The second kappa shape index (κ2) is 45.1. The van der Waals surface area contributed by atoms with Gasteiger partial charge in [-0.25, -0.2) is 28.8 Å². The number of aryl methyl sites for hydroxylation is 3. The Labute approximate surface area is 849 Å². The Morgan fingerprint density at radius 3 is 1.11 bits per heavy atom. The van der Waals surface area contributed by atoms with Gasteiger partial charge in [0.15, 0.2) is 36.6 Å². The highest BCUT2D eigenvalue weighted by atomic mass is 35.5. The average molecular weight is 2070 g/mol. The second-order valence-corrected chi connectivity index (χ2v) is 41.8. The summed E-state index contributed by atoms with van der Waals surface area (Å²) < 4.78 is 62.8. The van der Waals surface area contributed by atoms with E-state index >= 15 is 0 Å². The van der Waals surface area contributed by atoms with Crippen molar-refractivity contribution in [3.05, 3.63) is 122 Å². The number of alkyl halides is 2. The quantitative estimate of drug-likeness (QED) is 0.0174. The van der Waals surface area contributed by atoms with Crippen LogP contribution >= 0.6 is 23.2 Å². The van der Waals surface area contributed by atoms with Gasteiger partial charge in [0.05, 0.1) is 64.1 Å². The molecular formula is C101H134Cl2N10O32. The number of carbonyl (C=O) groups excluding carboxylic acids is 13. The number of aliphatic hydroxyl groups is 3. The summed E-state index contributed by atoms with van der Waals surface area (Å²) >= 11 is 9.53. The number of amides is 5. The molecular weight excluding hydrogens is 1940 g/mol. The molecule has 794 valence electrons. The van der Waals surface area contributed by atoms with Crippen molar-refractivity contribution in [3.63, 3.8) is 0 Å². The van der Waals surface area contributed by atoms with Crippen molar-refractivity contribution in [1.82, 2.24) is 35.7 Å². The van der Waals surface area contributed by atoms with Gasteiger partial charge in [-0.3, -0.25) is 43.2 Å². The van der Waals surface area contributed by atoms with Gasteiger partial charge in [-0.05, 0) is 233 Å². The normalized spacial score (nSPS) is 26.8. The van der Waals surface area contributed by atoms with Crippen LogP contribution in [0.1, 0.15) is 222 Å². The third-order valence-electron chi connectivity index (χ3n) is 29.2. The highest BCUT2D eigenvalue weighted by Crippen LogP contribution is 2.68. The third kappa shape index (κ3) is 23.0. The van der Waals surface area contributed by atoms with Gasteiger partial charge in [-0.1, -0.05) is 36.4 Å².